The summed E-state index contributed by atoms with van der Waals surface area (Å²) in [7, 11) is 0. The van der Waals surface area contributed by atoms with Gasteiger partial charge in [-0.05, 0) is 81.1 Å². The molecule has 1 aliphatic rings. The fourth-order valence-corrected chi connectivity index (χ4v) is 5.08. The average molecular weight is 510 g/mol. The predicted octanol–water partition coefficient (Wildman–Crippen LogP) is 5.67. The van der Waals surface area contributed by atoms with Crippen LogP contribution in [-0.2, 0) is 14.3 Å². The van der Waals surface area contributed by atoms with Gasteiger partial charge in [0.1, 0.15) is 5.25 Å². The van der Waals surface area contributed by atoms with Gasteiger partial charge in [0.15, 0.2) is 11.0 Å². The molecule has 0 aliphatic carbocycles. The molecule has 1 aliphatic heterocycles. The number of anilines is 1. The van der Waals surface area contributed by atoms with Crippen LogP contribution in [0.2, 0.25) is 0 Å². The number of benzene rings is 2. The summed E-state index contributed by atoms with van der Waals surface area (Å²) < 4.78 is 5.67. The lowest BCUT2D eigenvalue weighted by Crippen LogP contribution is -2.34. The van der Waals surface area contributed by atoms with Crippen molar-refractivity contribution in [3.63, 3.8) is 0 Å². The molecule has 0 unspecified atom stereocenters. The van der Waals surface area contributed by atoms with E-state index in [-0.39, 0.29) is 24.0 Å². The van der Waals surface area contributed by atoms with Gasteiger partial charge in [-0.3, -0.25) is 19.3 Å². The van der Waals surface area contributed by atoms with Crippen molar-refractivity contribution in [1.29, 1.82) is 0 Å². The Balaban J connectivity index is 1.69. The third-order valence-electron chi connectivity index (χ3n) is 5.71. The maximum Gasteiger partial charge on any atom is 0.242 e. The van der Waals surface area contributed by atoms with Crippen LogP contribution in [-0.4, -0.2) is 52.7 Å². The highest BCUT2D eigenvalue weighted by molar-refractivity contribution is 8.15. The third-order valence-corrected chi connectivity index (χ3v) is 6.89. The second-order valence-corrected chi connectivity index (χ2v) is 10.2. The first-order valence-corrected chi connectivity index (χ1v) is 13.3. The van der Waals surface area contributed by atoms with Crippen molar-refractivity contribution < 1.29 is 19.1 Å². The summed E-state index contributed by atoms with van der Waals surface area (Å²) in [5.74, 6) is -0.405. The van der Waals surface area contributed by atoms with Crippen LogP contribution in [0.1, 0.15) is 61.0 Å². The van der Waals surface area contributed by atoms with E-state index in [2.05, 4.69) is 18.3 Å². The molecule has 0 radical (unpaired) electrons. The number of rotatable bonds is 12. The molecule has 7 nitrogen and oxygen atoms in total. The Kier molecular flexibility index (Phi) is 10.3. The number of carbonyl (C=O) groups excluding carboxylic acids is 3. The van der Waals surface area contributed by atoms with Crippen molar-refractivity contribution in [3.05, 3.63) is 59.2 Å². The molecule has 8 heteroatoms. The Bertz CT molecular complexity index is 1090. The fraction of sp³-hybridized carbons (Fsp3) is 0.429. The Morgan fingerprint density at radius 3 is 2.36 bits per heavy atom. The summed E-state index contributed by atoms with van der Waals surface area (Å²) in [4.78, 5) is 44.0. The number of hydrogen-bond acceptors (Lipinski definition) is 6. The smallest absolute Gasteiger partial charge is 0.242 e. The molecule has 3 rings (SSSR count). The normalized spacial score (nSPS) is 16.6. The maximum absolute atomic E-state index is 13.3. The lowest BCUT2D eigenvalue weighted by atomic mass is 10.1. The van der Waals surface area contributed by atoms with Gasteiger partial charge in [-0.1, -0.05) is 31.2 Å². The fourth-order valence-electron chi connectivity index (χ4n) is 3.90. The number of thioether (sulfide) groups is 1. The minimum Gasteiger partial charge on any atom is -0.381 e. The molecule has 1 atom stereocenters. The quantitative estimate of drug-likeness (QED) is 0.294. The van der Waals surface area contributed by atoms with E-state index in [1.54, 1.807) is 29.2 Å². The van der Waals surface area contributed by atoms with Crippen LogP contribution in [0.15, 0.2) is 47.5 Å². The van der Waals surface area contributed by atoms with Crippen molar-refractivity contribution in [2.45, 2.75) is 58.6 Å². The summed E-state index contributed by atoms with van der Waals surface area (Å²) in [6, 6.07) is 12.8. The van der Waals surface area contributed by atoms with Gasteiger partial charge in [-0.2, -0.15) is 0 Å². The minimum atomic E-state index is -0.549. The van der Waals surface area contributed by atoms with Crippen molar-refractivity contribution in [1.82, 2.24) is 4.90 Å². The highest BCUT2D eigenvalue weighted by Gasteiger charge is 2.39. The number of aryl methyl sites for hydroxylation is 2. The van der Waals surface area contributed by atoms with E-state index < -0.39 is 5.25 Å². The molecule has 2 aromatic carbocycles. The number of amidine groups is 1. The SMILES string of the molecule is CCCCOCCCN1C(=O)[C@@H](CC(=O)Nc2ccc(C(C)=O)cc2)SC1=Nc1cc(C)cc(C)c1. The molecule has 1 saturated heterocycles. The van der Waals surface area contributed by atoms with Gasteiger partial charge in [0, 0.05) is 37.4 Å². The van der Waals surface area contributed by atoms with E-state index in [0.29, 0.717) is 36.0 Å². The Morgan fingerprint density at radius 1 is 1.06 bits per heavy atom. The van der Waals surface area contributed by atoms with Crippen LogP contribution < -0.4 is 5.32 Å². The molecule has 0 spiro atoms. The van der Waals surface area contributed by atoms with Gasteiger partial charge >= 0.3 is 0 Å². The number of nitrogens with one attached hydrogen (secondary N) is 1. The highest BCUT2D eigenvalue weighted by Crippen LogP contribution is 2.32. The number of amides is 2. The lowest BCUT2D eigenvalue weighted by molar-refractivity contribution is -0.128. The Morgan fingerprint density at radius 2 is 1.72 bits per heavy atom. The number of nitrogens with zero attached hydrogens (tertiary/aromatic N) is 2. The van der Waals surface area contributed by atoms with E-state index in [1.165, 1.54) is 18.7 Å². The van der Waals surface area contributed by atoms with Crippen molar-refractivity contribution >= 4 is 45.9 Å². The molecule has 36 heavy (non-hydrogen) atoms. The first kappa shape index (κ1) is 27.6. The van der Waals surface area contributed by atoms with E-state index in [1.807, 2.05) is 26.0 Å². The zero-order valence-electron chi connectivity index (χ0n) is 21.5. The minimum absolute atomic E-state index is 0.0349. The number of hydrogen-bond donors (Lipinski definition) is 1. The molecule has 1 heterocycles. The number of ketones is 1. The molecule has 0 bridgehead atoms. The molecule has 1 fully saturated rings. The van der Waals surface area contributed by atoms with E-state index >= 15 is 0 Å². The van der Waals surface area contributed by atoms with Crippen molar-refractivity contribution in [2.75, 3.05) is 25.1 Å². The molecule has 1 N–H and O–H groups in total. The summed E-state index contributed by atoms with van der Waals surface area (Å²) >= 11 is 1.33. The van der Waals surface area contributed by atoms with Crippen molar-refractivity contribution in [2.24, 2.45) is 4.99 Å². The molecular formula is C28H35N3O4S. The van der Waals surface area contributed by atoms with Gasteiger partial charge in [0.2, 0.25) is 11.8 Å². The van der Waals surface area contributed by atoms with Gasteiger partial charge < -0.3 is 10.1 Å². The second kappa shape index (κ2) is 13.4. The van der Waals surface area contributed by atoms with Crippen LogP contribution in [0.3, 0.4) is 0 Å². The molecule has 192 valence electrons. The molecule has 0 aromatic heterocycles. The zero-order chi connectivity index (χ0) is 26.1. The van der Waals surface area contributed by atoms with E-state index in [0.717, 1.165) is 36.3 Å². The van der Waals surface area contributed by atoms with Crippen LogP contribution in [0.4, 0.5) is 11.4 Å². The van der Waals surface area contributed by atoms with E-state index in [4.69, 9.17) is 9.73 Å². The standard InChI is InChI=1S/C28H35N3O4S/c1-5-6-13-35-14-7-12-31-27(34)25(36-28(31)30-24-16-19(2)15-20(3)17-24)18-26(33)29-23-10-8-22(9-11-23)21(4)32/h8-11,15-17,25H,5-7,12-14,18H2,1-4H3,(H,29,33)/t25-/m1/s1. The number of ether oxygens (including phenoxy) is 1. The van der Waals surface area contributed by atoms with Gasteiger partial charge in [0.05, 0.1) is 5.69 Å². The van der Waals surface area contributed by atoms with Crippen LogP contribution >= 0.6 is 11.8 Å². The molecule has 2 aromatic rings. The zero-order valence-corrected chi connectivity index (χ0v) is 22.3. The topological polar surface area (TPSA) is 88.1 Å². The first-order chi connectivity index (χ1) is 17.3. The second-order valence-electron chi connectivity index (χ2n) is 9.04. The van der Waals surface area contributed by atoms with Crippen LogP contribution in [0.5, 0.6) is 0 Å². The molecule has 2 amide bonds. The summed E-state index contributed by atoms with van der Waals surface area (Å²) in [5, 5.41) is 2.89. The van der Waals surface area contributed by atoms with Crippen LogP contribution in [0.25, 0.3) is 0 Å². The number of unbranched alkanes of at least 4 members (excludes halogenated alkanes) is 1. The molecule has 0 saturated carbocycles. The Labute approximate surface area is 217 Å². The third kappa shape index (κ3) is 8.03. The first-order valence-electron chi connectivity index (χ1n) is 12.4. The predicted molar refractivity (Wildman–Crippen MR) is 146 cm³/mol. The summed E-state index contributed by atoms with van der Waals surface area (Å²) in [6.45, 7) is 9.45. The van der Waals surface area contributed by atoms with Gasteiger partial charge in [-0.25, -0.2) is 4.99 Å². The van der Waals surface area contributed by atoms with Crippen molar-refractivity contribution in [3.8, 4) is 0 Å². The largest absolute Gasteiger partial charge is 0.381 e. The maximum atomic E-state index is 13.3. The molecular weight excluding hydrogens is 474 g/mol. The van der Waals surface area contributed by atoms with Gasteiger partial charge in [-0.15, -0.1) is 0 Å². The number of aliphatic imine (C=N–C) groups is 1. The number of Topliss-reactive ketones (excluding diaryl/α,β-unsaturated/α-hetero) is 1. The summed E-state index contributed by atoms with van der Waals surface area (Å²) in [5.41, 5.74) is 4.17. The lowest BCUT2D eigenvalue weighted by Gasteiger charge is -2.16. The van der Waals surface area contributed by atoms with Crippen LogP contribution in [0, 0.1) is 13.8 Å². The Hall–Kier alpha value is -2.97. The number of carbonyl (C=O) groups is 3. The highest BCUT2D eigenvalue weighted by atomic mass is 32.2. The monoisotopic (exact) mass is 509 g/mol. The van der Waals surface area contributed by atoms with E-state index in [9.17, 15) is 14.4 Å². The summed E-state index contributed by atoms with van der Waals surface area (Å²) in [6.07, 6.45) is 2.84. The average Bonchev–Trinajstić information content (AvgIpc) is 3.09. The van der Waals surface area contributed by atoms with Gasteiger partial charge in [0.25, 0.3) is 0 Å².